The van der Waals surface area contributed by atoms with E-state index in [2.05, 4.69) is 11.9 Å². The number of methoxy groups -OCH3 is 2. The van der Waals surface area contributed by atoms with Crippen molar-refractivity contribution in [1.29, 1.82) is 0 Å². The van der Waals surface area contributed by atoms with Crippen LogP contribution in [-0.2, 0) is 9.59 Å². The topological polar surface area (TPSA) is 73.9 Å². The van der Waals surface area contributed by atoms with Gasteiger partial charge >= 0.3 is 5.97 Å². The van der Waals surface area contributed by atoms with Gasteiger partial charge in [-0.1, -0.05) is 12.1 Å². The molecule has 1 aromatic carbocycles. The molecular formula is C15H17NO5. The Morgan fingerprint density at radius 3 is 2.33 bits per heavy atom. The van der Waals surface area contributed by atoms with Crippen LogP contribution in [0.15, 0.2) is 43.0 Å². The Labute approximate surface area is 123 Å². The Hall–Kier alpha value is -2.76. The van der Waals surface area contributed by atoms with E-state index in [1.54, 1.807) is 18.2 Å². The lowest BCUT2D eigenvalue weighted by molar-refractivity contribution is -0.129. The van der Waals surface area contributed by atoms with Crippen molar-refractivity contribution < 1.29 is 23.8 Å². The number of hydrogen-bond acceptors (Lipinski definition) is 5. The highest BCUT2D eigenvalue weighted by molar-refractivity contribution is 5.95. The number of hydrogen-bond donors (Lipinski definition) is 1. The van der Waals surface area contributed by atoms with Crippen molar-refractivity contribution in [3.8, 4) is 17.2 Å². The van der Waals surface area contributed by atoms with Crippen molar-refractivity contribution in [3.05, 3.63) is 43.0 Å². The number of benzene rings is 1. The predicted octanol–water partition coefficient (Wildman–Crippen LogP) is 1.47. The molecule has 21 heavy (non-hydrogen) atoms. The minimum absolute atomic E-state index is 0.156. The normalized spacial score (nSPS) is 10.0. The highest BCUT2D eigenvalue weighted by Gasteiger charge is 2.14. The van der Waals surface area contributed by atoms with Crippen molar-refractivity contribution >= 4 is 11.9 Å². The van der Waals surface area contributed by atoms with Crippen LogP contribution in [0.1, 0.15) is 0 Å². The summed E-state index contributed by atoms with van der Waals surface area (Å²) in [6.07, 6.45) is 3.63. The van der Waals surface area contributed by atoms with Crippen molar-refractivity contribution in [1.82, 2.24) is 5.32 Å². The fraction of sp³-hybridized carbons (Fsp3) is 0.200. The zero-order chi connectivity index (χ0) is 15.7. The van der Waals surface area contributed by atoms with Gasteiger partial charge in [0.1, 0.15) is 0 Å². The Morgan fingerprint density at radius 2 is 1.81 bits per heavy atom. The summed E-state index contributed by atoms with van der Waals surface area (Å²) in [7, 11) is 2.90. The van der Waals surface area contributed by atoms with E-state index in [-0.39, 0.29) is 5.75 Å². The van der Waals surface area contributed by atoms with Crippen molar-refractivity contribution in [2.75, 3.05) is 20.8 Å². The number of ether oxygens (including phenoxy) is 3. The number of carbonyl (C=O) groups excluding carboxylic acids is 2. The zero-order valence-corrected chi connectivity index (χ0v) is 11.9. The molecule has 0 radical (unpaired) electrons. The molecule has 0 spiro atoms. The third kappa shape index (κ3) is 5.02. The van der Waals surface area contributed by atoms with Gasteiger partial charge in [0.15, 0.2) is 11.5 Å². The molecule has 1 aromatic rings. The molecule has 1 rings (SSSR count). The molecule has 0 aromatic heterocycles. The minimum Gasteiger partial charge on any atom is -0.493 e. The first-order valence-corrected chi connectivity index (χ1v) is 6.12. The maximum atomic E-state index is 11.7. The lowest BCUT2D eigenvalue weighted by atomic mass is 10.3. The largest absolute Gasteiger partial charge is 0.493 e. The summed E-state index contributed by atoms with van der Waals surface area (Å²) in [5.41, 5.74) is 0. The van der Waals surface area contributed by atoms with Gasteiger partial charge in [-0.2, -0.15) is 0 Å². The quantitative estimate of drug-likeness (QED) is 0.356. The summed E-state index contributed by atoms with van der Waals surface area (Å²) in [5, 5.41) is 2.50. The second-order valence-corrected chi connectivity index (χ2v) is 3.78. The fourth-order valence-electron chi connectivity index (χ4n) is 1.43. The van der Waals surface area contributed by atoms with E-state index in [9.17, 15) is 9.59 Å². The van der Waals surface area contributed by atoms with E-state index in [4.69, 9.17) is 14.2 Å². The molecule has 0 atom stereocenters. The molecule has 6 heteroatoms. The molecule has 0 fully saturated rings. The summed E-state index contributed by atoms with van der Waals surface area (Å²) in [5.74, 6) is -0.270. The molecule has 0 aliphatic carbocycles. The van der Waals surface area contributed by atoms with Gasteiger partial charge in [-0.05, 0) is 12.1 Å². The first-order chi connectivity index (χ1) is 10.1. The van der Waals surface area contributed by atoms with Gasteiger partial charge in [-0.25, -0.2) is 4.79 Å². The molecule has 0 heterocycles. The number of amides is 1. The molecule has 6 nitrogen and oxygen atoms in total. The molecular weight excluding hydrogens is 274 g/mol. The van der Waals surface area contributed by atoms with E-state index in [1.165, 1.54) is 20.3 Å². The minimum atomic E-state index is -0.716. The van der Waals surface area contributed by atoms with Crippen LogP contribution in [0.5, 0.6) is 17.2 Å². The van der Waals surface area contributed by atoms with Gasteiger partial charge in [-0.3, -0.25) is 4.79 Å². The van der Waals surface area contributed by atoms with Gasteiger partial charge in [0.2, 0.25) is 11.7 Å². The third-order valence-corrected chi connectivity index (χ3v) is 2.38. The predicted molar refractivity (Wildman–Crippen MR) is 77.5 cm³/mol. The number of esters is 1. The first kappa shape index (κ1) is 16.3. The average Bonchev–Trinajstić information content (AvgIpc) is 2.51. The number of carbonyl (C=O) groups is 2. The summed E-state index contributed by atoms with van der Waals surface area (Å²) in [4.78, 5) is 23.0. The fourth-order valence-corrected chi connectivity index (χ4v) is 1.43. The summed E-state index contributed by atoms with van der Waals surface area (Å²) in [6.45, 7) is 3.78. The summed E-state index contributed by atoms with van der Waals surface area (Å²) in [6, 6.07) is 4.96. The van der Waals surface area contributed by atoms with Crippen molar-refractivity contribution in [3.63, 3.8) is 0 Å². The highest BCUT2D eigenvalue weighted by atomic mass is 16.6. The van der Waals surface area contributed by atoms with E-state index < -0.39 is 11.9 Å². The van der Waals surface area contributed by atoms with Gasteiger partial charge < -0.3 is 19.5 Å². The van der Waals surface area contributed by atoms with Crippen LogP contribution in [0.2, 0.25) is 0 Å². The van der Waals surface area contributed by atoms with Crippen LogP contribution in [0, 0.1) is 0 Å². The summed E-state index contributed by atoms with van der Waals surface area (Å²) >= 11 is 0. The average molecular weight is 291 g/mol. The van der Waals surface area contributed by atoms with Gasteiger partial charge in [0.05, 0.1) is 14.2 Å². The van der Waals surface area contributed by atoms with Crippen molar-refractivity contribution in [2.24, 2.45) is 0 Å². The molecule has 112 valence electrons. The Morgan fingerprint density at radius 1 is 1.19 bits per heavy atom. The van der Waals surface area contributed by atoms with Crippen LogP contribution < -0.4 is 19.5 Å². The molecule has 1 N–H and O–H groups in total. The second kappa shape index (κ2) is 8.42. The molecule has 0 aliphatic heterocycles. The molecule has 0 saturated carbocycles. The first-order valence-electron chi connectivity index (χ1n) is 6.12. The molecule has 0 unspecified atom stereocenters. The SMILES string of the molecule is C=CCNC(=O)/C=C/C(=O)Oc1c(OC)cccc1OC. The number of para-hydroxylation sites is 1. The van der Waals surface area contributed by atoms with Gasteiger partial charge in [0, 0.05) is 18.7 Å². The summed E-state index contributed by atoms with van der Waals surface area (Å²) < 4.78 is 15.3. The highest BCUT2D eigenvalue weighted by Crippen LogP contribution is 2.36. The molecule has 0 aliphatic rings. The Kier molecular flexibility index (Phi) is 6.53. The Balaban J connectivity index is 2.77. The van der Waals surface area contributed by atoms with Gasteiger partial charge in [0.25, 0.3) is 0 Å². The van der Waals surface area contributed by atoms with Crippen LogP contribution in [-0.4, -0.2) is 32.6 Å². The smallest absolute Gasteiger partial charge is 0.336 e. The number of rotatable bonds is 7. The Bertz CT molecular complexity index is 529. The van der Waals surface area contributed by atoms with E-state index >= 15 is 0 Å². The monoisotopic (exact) mass is 291 g/mol. The molecule has 0 bridgehead atoms. The second-order valence-electron chi connectivity index (χ2n) is 3.78. The zero-order valence-electron chi connectivity index (χ0n) is 11.9. The standard InChI is InChI=1S/C15H17NO5/c1-4-10-16-13(17)8-9-14(18)21-15-11(19-2)6-5-7-12(15)20-3/h4-9H,1,10H2,2-3H3,(H,16,17)/b9-8+. The lowest BCUT2D eigenvalue weighted by Gasteiger charge is -2.11. The maximum absolute atomic E-state index is 11.7. The molecule has 0 saturated heterocycles. The van der Waals surface area contributed by atoms with Crippen LogP contribution in [0.4, 0.5) is 0 Å². The third-order valence-electron chi connectivity index (χ3n) is 2.38. The van der Waals surface area contributed by atoms with E-state index in [0.717, 1.165) is 12.2 Å². The van der Waals surface area contributed by atoms with E-state index in [0.29, 0.717) is 18.0 Å². The number of nitrogens with one attached hydrogen (secondary N) is 1. The van der Waals surface area contributed by atoms with Gasteiger partial charge in [-0.15, -0.1) is 6.58 Å². The lowest BCUT2D eigenvalue weighted by Crippen LogP contribution is -2.21. The van der Waals surface area contributed by atoms with Crippen LogP contribution >= 0.6 is 0 Å². The van der Waals surface area contributed by atoms with Crippen LogP contribution in [0.3, 0.4) is 0 Å². The van der Waals surface area contributed by atoms with Crippen molar-refractivity contribution in [2.45, 2.75) is 0 Å². The molecule has 1 amide bonds. The van der Waals surface area contributed by atoms with E-state index in [1.807, 2.05) is 0 Å². The maximum Gasteiger partial charge on any atom is 0.336 e. The van der Waals surface area contributed by atoms with Crippen LogP contribution in [0.25, 0.3) is 0 Å².